The van der Waals surface area contributed by atoms with Gasteiger partial charge in [-0.15, -0.1) is 0 Å². The molecule has 9 heteroatoms. The largest absolute Gasteiger partial charge is 0.379 e. The number of benzene rings is 2. The standard InChI is InChI=1S/C23H30ClN3O4S/c24-21-7-9-22(10-8-21)32(29,30)27(14-11-20-5-2-1-3-6-20)19-23(28)25-12-4-13-26-15-17-31-18-16-26/h1-3,5-10H,4,11-19H2,(H,25,28). The van der Waals surface area contributed by atoms with Gasteiger partial charge in [0.15, 0.2) is 0 Å². The van der Waals surface area contributed by atoms with Gasteiger partial charge in [-0.2, -0.15) is 4.31 Å². The van der Waals surface area contributed by atoms with Crippen LogP contribution in [0.1, 0.15) is 12.0 Å². The molecule has 1 saturated heterocycles. The summed E-state index contributed by atoms with van der Waals surface area (Å²) in [5.74, 6) is -0.308. The summed E-state index contributed by atoms with van der Waals surface area (Å²) in [6.07, 6.45) is 1.32. The number of nitrogens with zero attached hydrogens (tertiary/aromatic N) is 2. The number of carbonyl (C=O) groups excluding carboxylic acids is 1. The van der Waals surface area contributed by atoms with Crippen LogP contribution in [0.3, 0.4) is 0 Å². The Balaban J connectivity index is 1.59. The lowest BCUT2D eigenvalue weighted by atomic mass is 10.1. The summed E-state index contributed by atoms with van der Waals surface area (Å²) in [5.41, 5.74) is 1.01. The fraction of sp³-hybridized carbons (Fsp3) is 0.435. The Morgan fingerprint density at radius 3 is 2.44 bits per heavy atom. The van der Waals surface area contributed by atoms with E-state index in [1.54, 1.807) is 0 Å². The summed E-state index contributed by atoms with van der Waals surface area (Å²) in [4.78, 5) is 15.0. The van der Waals surface area contributed by atoms with E-state index in [4.69, 9.17) is 16.3 Å². The highest BCUT2D eigenvalue weighted by atomic mass is 35.5. The number of morpholine rings is 1. The normalized spacial score (nSPS) is 15.1. The molecule has 1 aliphatic rings. The lowest BCUT2D eigenvalue weighted by molar-refractivity contribution is -0.121. The van der Waals surface area contributed by atoms with E-state index in [0.717, 1.165) is 44.8 Å². The van der Waals surface area contributed by atoms with Crippen LogP contribution in [0.5, 0.6) is 0 Å². The molecule has 2 aromatic rings. The summed E-state index contributed by atoms with van der Waals surface area (Å²) >= 11 is 5.91. The second-order valence-electron chi connectivity index (χ2n) is 7.69. The highest BCUT2D eigenvalue weighted by Gasteiger charge is 2.26. The molecule has 0 aliphatic carbocycles. The first-order valence-electron chi connectivity index (χ1n) is 10.8. The van der Waals surface area contributed by atoms with Crippen molar-refractivity contribution in [2.45, 2.75) is 17.7 Å². The van der Waals surface area contributed by atoms with Crippen LogP contribution in [0.4, 0.5) is 0 Å². The van der Waals surface area contributed by atoms with Crippen LogP contribution < -0.4 is 5.32 Å². The smallest absolute Gasteiger partial charge is 0.243 e. The van der Waals surface area contributed by atoms with Crippen molar-refractivity contribution in [2.75, 3.05) is 52.5 Å². The third-order valence-electron chi connectivity index (χ3n) is 5.34. The first kappa shape index (κ1) is 24.7. The highest BCUT2D eigenvalue weighted by molar-refractivity contribution is 7.89. The zero-order valence-corrected chi connectivity index (χ0v) is 19.7. The number of hydrogen-bond acceptors (Lipinski definition) is 5. The minimum Gasteiger partial charge on any atom is -0.379 e. The number of ether oxygens (including phenoxy) is 1. The van der Waals surface area contributed by atoms with Crippen LogP contribution in [-0.4, -0.2) is 76.0 Å². The molecule has 7 nitrogen and oxygen atoms in total. The second kappa shape index (κ2) is 12.3. The molecule has 2 aromatic carbocycles. The van der Waals surface area contributed by atoms with Crippen LogP contribution in [0, 0.1) is 0 Å². The average molecular weight is 480 g/mol. The van der Waals surface area contributed by atoms with Gasteiger partial charge in [-0.25, -0.2) is 8.42 Å². The number of amides is 1. The average Bonchev–Trinajstić information content (AvgIpc) is 2.81. The van der Waals surface area contributed by atoms with Crippen LogP contribution in [-0.2, 0) is 26.0 Å². The molecule has 3 rings (SSSR count). The molecular weight excluding hydrogens is 450 g/mol. The van der Waals surface area contributed by atoms with Gasteiger partial charge in [0, 0.05) is 31.2 Å². The number of hydrogen-bond donors (Lipinski definition) is 1. The molecule has 0 unspecified atom stereocenters. The van der Waals surface area contributed by atoms with E-state index in [2.05, 4.69) is 10.2 Å². The van der Waals surface area contributed by atoms with E-state index >= 15 is 0 Å². The van der Waals surface area contributed by atoms with Crippen molar-refractivity contribution in [1.82, 2.24) is 14.5 Å². The maximum atomic E-state index is 13.2. The minimum absolute atomic E-state index is 0.120. The Hall–Kier alpha value is -1.97. The Morgan fingerprint density at radius 2 is 1.75 bits per heavy atom. The molecule has 1 fully saturated rings. The van der Waals surface area contributed by atoms with Crippen molar-refractivity contribution in [3.63, 3.8) is 0 Å². The zero-order valence-electron chi connectivity index (χ0n) is 18.1. The Kier molecular flexibility index (Phi) is 9.50. The number of nitrogens with one attached hydrogen (secondary N) is 1. The predicted octanol–water partition coefficient (Wildman–Crippen LogP) is 2.41. The predicted molar refractivity (Wildman–Crippen MR) is 125 cm³/mol. The third kappa shape index (κ3) is 7.56. The molecule has 1 aliphatic heterocycles. The van der Waals surface area contributed by atoms with Gasteiger partial charge in [0.05, 0.1) is 24.7 Å². The van der Waals surface area contributed by atoms with Crippen molar-refractivity contribution < 1.29 is 17.9 Å². The molecular formula is C23H30ClN3O4S. The van der Waals surface area contributed by atoms with Gasteiger partial charge in [0.1, 0.15) is 0 Å². The maximum absolute atomic E-state index is 13.2. The molecule has 32 heavy (non-hydrogen) atoms. The Morgan fingerprint density at radius 1 is 1.06 bits per heavy atom. The molecule has 1 heterocycles. The fourth-order valence-electron chi connectivity index (χ4n) is 3.51. The summed E-state index contributed by atoms with van der Waals surface area (Å²) in [5, 5.41) is 3.32. The van der Waals surface area contributed by atoms with Crippen LogP contribution >= 0.6 is 11.6 Å². The second-order valence-corrected chi connectivity index (χ2v) is 10.1. The summed E-state index contributed by atoms with van der Waals surface area (Å²) < 4.78 is 33.0. The van der Waals surface area contributed by atoms with E-state index in [9.17, 15) is 13.2 Å². The van der Waals surface area contributed by atoms with Gasteiger partial charge in [-0.1, -0.05) is 41.9 Å². The van der Waals surface area contributed by atoms with Crippen molar-refractivity contribution in [3.05, 3.63) is 65.2 Å². The molecule has 1 amide bonds. The Labute approximate surface area is 195 Å². The Bertz CT molecular complexity index is 949. The molecule has 0 aromatic heterocycles. The van der Waals surface area contributed by atoms with Crippen LogP contribution in [0.15, 0.2) is 59.5 Å². The molecule has 0 spiro atoms. The first-order valence-corrected chi connectivity index (χ1v) is 12.6. The van der Waals surface area contributed by atoms with E-state index in [1.807, 2.05) is 30.3 Å². The molecule has 0 radical (unpaired) electrons. The maximum Gasteiger partial charge on any atom is 0.243 e. The minimum atomic E-state index is -3.84. The van der Waals surface area contributed by atoms with E-state index in [1.165, 1.54) is 28.6 Å². The first-order chi connectivity index (χ1) is 15.4. The topological polar surface area (TPSA) is 79.0 Å². The number of rotatable bonds is 11. The van der Waals surface area contributed by atoms with Crippen molar-refractivity contribution in [3.8, 4) is 0 Å². The molecule has 0 saturated carbocycles. The van der Waals surface area contributed by atoms with E-state index in [-0.39, 0.29) is 23.9 Å². The third-order valence-corrected chi connectivity index (χ3v) is 7.45. The molecule has 1 N–H and O–H groups in total. The highest BCUT2D eigenvalue weighted by Crippen LogP contribution is 2.19. The molecule has 0 atom stereocenters. The number of halogens is 1. The number of sulfonamides is 1. The van der Waals surface area contributed by atoms with Crippen molar-refractivity contribution in [1.29, 1.82) is 0 Å². The monoisotopic (exact) mass is 479 g/mol. The van der Waals surface area contributed by atoms with Gasteiger partial charge in [-0.05, 0) is 49.2 Å². The van der Waals surface area contributed by atoms with Gasteiger partial charge in [0.25, 0.3) is 0 Å². The fourth-order valence-corrected chi connectivity index (χ4v) is 5.03. The summed E-state index contributed by atoms with van der Waals surface area (Å²) in [6.45, 7) is 4.65. The van der Waals surface area contributed by atoms with Crippen LogP contribution in [0.2, 0.25) is 5.02 Å². The summed E-state index contributed by atoms with van der Waals surface area (Å²) in [7, 11) is -3.84. The van der Waals surface area contributed by atoms with Crippen molar-refractivity contribution in [2.24, 2.45) is 0 Å². The van der Waals surface area contributed by atoms with Gasteiger partial charge < -0.3 is 10.1 Å². The van der Waals surface area contributed by atoms with Gasteiger partial charge in [0.2, 0.25) is 15.9 Å². The van der Waals surface area contributed by atoms with Gasteiger partial charge >= 0.3 is 0 Å². The van der Waals surface area contributed by atoms with E-state index in [0.29, 0.717) is 18.0 Å². The molecule has 174 valence electrons. The zero-order chi connectivity index (χ0) is 22.8. The van der Waals surface area contributed by atoms with Crippen LogP contribution in [0.25, 0.3) is 0 Å². The summed E-state index contributed by atoms with van der Waals surface area (Å²) in [6, 6.07) is 15.6. The van der Waals surface area contributed by atoms with Gasteiger partial charge in [-0.3, -0.25) is 9.69 Å². The quantitative estimate of drug-likeness (QED) is 0.501. The molecule has 0 bridgehead atoms. The van der Waals surface area contributed by atoms with Crippen molar-refractivity contribution >= 4 is 27.5 Å². The van der Waals surface area contributed by atoms with E-state index < -0.39 is 10.0 Å². The lowest BCUT2D eigenvalue weighted by Gasteiger charge is -2.26. The lowest BCUT2D eigenvalue weighted by Crippen LogP contribution is -2.42. The SMILES string of the molecule is O=C(CN(CCc1ccccc1)S(=O)(=O)c1ccc(Cl)cc1)NCCCN1CCOCC1. The number of carbonyl (C=O) groups is 1.